The maximum absolute atomic E-state index is 11.4. The highest BCUT2D eigenvalue weighted by Crippen LogP contribution is 2.17. The van der Waals surface area contributed by atoms with Gasteiger partial charge in [-0.2, -0.15) is 0 Å². The van der Waals surface area contributed by atoms with Gasteiger partial charge in [0.15, 0.2) is 0 Å². The number of rotatable bonds is 6. The van der Waals surface area contributed by atoms with Crippen LogP contribution in [0.25, 0.3) is 0 Å². The van der Waals surface area contributed by atoms with Crippen LogP contribution in [-0.4, -0.2) is 49.6 Å². The van der Waals surface area contributed by atoms with E-state index < -0.39 is 0 Å². The maximum Gasteiger partial charge on any atom is 0.234 e. The Hall–Kier alpha value is -0.610. The van der Waals surface area contributed by atoms with Crippen molar-refractivity contribution < 1.29 is 4.79 Å². The molecule has 15 heavy (non-hydrogen) atoms. The van der Waals surface area contributed by atoms with Gasteiger partial charge in [0.25, 0.3) is 0 Å². The molecule has 4 nitrogen and oxygen atoms in total. The van der Waals surface area contributed by atoms with Crippen molar-refractivity contribution in [1.29, 1.82) is 0 Å². The van der Waals surface area contributed by atoms with E-state index in [0.29, 0.717) is 12.6 Å². The van der Waals surface area contributed by atoms with Gasteiger partial charge >= 0.3 is 0 Å². The van der Waals surface area contributed by atoms with Gasteiger partial charge in [-0.1, -0.05) is 0 Å². The number of hydrogen-bond donors (Lipinski definition) is 2. The number of hydrogen-bond acceptors (Lipinski definition) is 3. The summed E-state index contributed by atoms with van der Waals surface area (Å²) in [5, 5.41) is 6.16. The lowest BCUT2D eigenvalue weighted by atomic mass is 10.4. The fourth-order valence-electron chi connectivity index (χ4n) is 1.95. The van der Waals surface area contributed by atoms with Gasteiger partial charge in [0.2, 0.25) is 5.91 Å². The Morgan fingerprint density at radius 1 is 1.27 bits per heavy atom. The van der Waals surface area contributed by atoms with Crippen LogP contribution < -0.4 is 10.6 Å². The van der Waals surface area contributed by atoms with Gasteiger partial charge in [-0.15, -0.1) is 0 Å². The van der Waals surface area contributed by atoms with Crippen molar-refractivity contribution in [1.82, 2.24) is 15.5 Å². The van der Waals surface area contributed by atoms with Gasteiger partial charge in [0.1, 0.15) is 0 Å². The molecular formula is C11H21N3O. The van der Waals surface area contributed by atoms with E-state index >= 15 is 0 Å². The molecule has 2 aliphatic rings. The normalized spacial score (nSPS) is 21.9. The summed E-state index contributed by atoms with van der Waals surface area (Å²) in [5.41, 5.74) is 0. The number of carbonyl (C=O) groups excluding carboxylic acids is 1. The lowest BCUT2D eigenvalue weighted by Crippen LogP contribution is -2.38. The average molecular weight is 211 g/mol. The standard InChI is InChI=1S/C11H21N3O/c15-11(9-13-10-3-4-10)12-5-8-14-6-1-2-7-14/h10,13H,1-9H2,(H,12,15). The molecule has 4 heteroatoms. The van der Waals surface area contributed by atoms with Crippen molar-refractivity contribution in [3.8, 4) is 0 Å². The summed E-state index contributed by atoms with van der Waals surface area (Å²) in [7, 11) is 0. The summed E-state index contributed by atoms with van der Waals surface area (Å²) in [5.74, 6) is 0.140. The van der Waals surface area contributed by atoms with E-state index in [9.17, 15) is 4.79 Å². The molecular weight excluding hydrogens is 190 g/mol. The monoisotopic (exact) mass is 211 g/mol. The summed E-state index contributed by atoms with van der Waals surface area (Å²) >= 11 is 0. The minimum absolute atomic E-state index is 0.140. The first-order valence-electron chi connectivity index (χ1n) is 6.07. The van der Waals surface area contributed by atoms with Crippen LogP contribution in [0.1, 0.15) is 25.7 Å². The molecule has 0 unspecified atom stereocenters. The Morgan fingerprint density at radius 2 is 2.00 bits per heavy atom. The highest BCUT2D eigenvalue weighted by atomic mass is 16.1. The third-order valence-electron chi connectivity index (χ3n) is 3.08. The van der Waals surface area contributed by atoms with E-state index in [2.05, 4.69) is 15.5 Å². The second-order valence-electron chi connectivity index (χ2n) is 4.55. The molecule has 2 fully saturated rings. The van der Waals surface area contributed by atoms with Crippen LogP contribution >= 0.6 is 0 Å². The van der Waals surface area contributed by atoms with Crippen molar-refractivity contribution in [3.63, 3.8) is 0 Å². The van der Waals surface area contributed by atoms with Crippen LogP contribution in [0.5, 0.6) is 0 Å². The highest BCUT2D eigenvalue weighted by molar-refractivity contribution is 5.78. The van der Waals surface area contributed by atoms with Crippen LogP contribution in [0.15, 0.2) is 0 Å². The van der Waals surface area contributed by atoms with Crippen LogP contribution in [0.3, 0.4) is 0 Å². The number of amides is 1. The van der Waals surface area contributed by atoms with E-state index in [0.717, 1.165) is 13.1 Å². The van der Waals surface area contributed by atoms with Gasteiger partial charge in [-0.25, -0.2) is 0 Å². The molecule has 0 aromatic heterocycles. The minimum atomic E-state index is 0.140. The third kappa shape index (κ3) is 4.18. The molecule has 2 rings (SSSR count). The third-order valence-corrected chi connectivity index (χ3v) is 3.08. The Labute approximate surface area is 91.4 Å². The van der Waals surface area contributed by atoms with E-state index in [4.69, 9.17) is 0 Å². The number of likely N-dealkylation sites (tertiary alicyclic amines) is 1. The Balaban J connectivity index is 1.46. The van der Waals surface area contributed by atoms with E-state index in [1.807, 2.05) is 0 Å². The van der Waals surface area contributed by atoms with Crippen molar-refractivity contribution in [2.45, 2.75) is 31.7 Å². The van der Waals surface area contributed by atoms with E-state index in [1.54, 1.807) is 0 Å². The molecule has 0 bridgehead atoms. The van der Waals surface area contributed by atoms with Gasteiger partial charge < -0.3 is 15.5 Å². The molecule has 0 radical (unpaired) electrons. The zero-order chi connectivity index (χ0) is 10.5. The molecule has 86 valence electrons. The van der Waals surface area contributed by atoms with Gasteiger partial charge in [0, 0.05) is 19.1 Å². The summed E-state index contributed by atoms with van der Waals surface area (Å²) in [6.07, 6.45) is 5.11. The zero-order valence-electron chi connectivity index (χ0n) is 9.30. The first-order valence-corrected chi connectivity index (χ1v) is 6.07. The van der Waals surface area contributed by atoms with Crippen LogP contribution in [0, 0.1) is 0 Å². The predicted octanol–water partition coefficient (Wildman–Crippen LogP) is -0.0496. The molecule has 0 spiro atoms. The fraction of sp³-hybridized carbons (Fsp3) is 0.909. The molecule has 2 N–H and O–H groups in total. The quantitative estimate of drug-likeness (QED) is 0.647. The van der Waals surface area contributed by atoms with Crippen molar-refractivity contribution in [2.75, 3.05) is 32.7 Å². The second kappa shape index (κ2) is 5.47. The summed E-state index contributed by atoms with van der Waals surface area (Å²) < 4.78 is 0. The molecule has 1 aliphatic carbocycles. The van der Waals surface area contributed by atoms with Crippen molar-refractivity contribution in [2.24, 2.45) is 0 Å². The first-order chi connectivity index (χ1) is 7.34. The molecule has 1 heterocycles. The largest absolute Gasteiger partial charge is 0.354 e. The van der Waals surface area contributed by atoms with Gasteiger partial charge in [0.05, 0.1) is 6.54 Å². The van der Waals surface area contributed by atoms with Gasteiger partial charge in [-0.05, 0) is 38.8 Å². The minimum Gasteiger partial charge on any atom is -0.354 e. The summed E-state index contributed by atoms with van der Waals surface area (Å²) in [6.45, 7) is 4.71. The summed E-state index contributed by atoms with van der Waals surface area (Å²) in [6, 6.07) is 0.620. The van der Waals surface area contributed by atoms with E-state index in [-0.39, 0.29) is 5.91 Å². The molecule has 1 aliphatic heterocycles. The number of nitrogens with one attached hydrogen (secondary N) is 2. The molecule has 0 aromatic carbocycles. The Bertz CT molecular complexity index is 210. The number of nitrogens with zero attached hydrogens (tertiary/aromatic N) is 1. The van der Waals surface area contributed by atoms with E-state index in [1.165, 1.54) is 38.8 Å². The Morgan fingerprint density at radius 3 is 2.67 bits per heavy atom. The van der Waals surface area contributed by atoms with Crippen molar-refractivity contribution >= 4 is 5.91 Å². The maximum atomic E-state index is 11.4. The van der Waals surface area contributed by atoms with Gasteiger partial charge in [-0.3, -0.25) is 4.79 Å². The first kappa shape index (κ1) is 10.9. The summed E-state index contributed by atoms with van der Waals surface area (Å²) in [4.78, 5) is 13.8. The average Bonchev–Trinajstić information content (AvgIpc) is 2.92. The molecule has 0 aromatic rings. The highest BCUT2D eigenvalue weighted by Gasteiger charge is 2.21. The van der Waals surface area contributed by atoms with Crippen LogP contribution in [-0.2, 0) is 4.79 Å². The Kier molecular flexibility index (Phi) is 3.97. The fourth-order valence-corrected chi connectivity index (χ4v) is 1.95. The van der Waals surface area contributed by atoms with Crippen LogP contribution in [0.4, 0.5) is 0 Å². The zero-order valence-corrected chi connectivity index (χ0v) is 9.30. The lowest BCUT2D eigenvalue weighted by molar-refractivity contribution is -0.120. The van der Waals surface area contributed by atoms with Crippen LogP contribution in [0.2, 0.25) is 0 Å². The number of carbonyl (C=O) groups is 1. The molecule has 1 amide bonds. The second-order valence-corrected chi connectivity index (χ2v) is 4.55. The predicted molar refractivity (Wildman–Crippen MR) is 59.7 cm³/mol. The molecule has 1 saturated heterocycles. The smallest absolute Gasteiger partial charge is 0.234 e. The molecule has 0 atom stereocenters. The van der Waals surface area contributed by atoms with Crippen molar-refractivity contribution in [3.05, 3.63) is 0 Å². The SMILES string of the molecule is O=C(CNC1CC1)NCCN1CCCC1. The molecule has 1 saturated carbocycles. The topological polar surface area (TPSA) is 44.4 Å². The lowest BCUT2D eigenvalue weighted by Gasteiger charge is -2.14.